The van der Waals surface area contributed by atoms with Gasteiger partial charge < -0.3 is 10.3 Å². The predicted octanol–water partition coefficient (Wildman–Crippen LogP) is 0.825. The molecule has 0 aliphatic heterocycles. The quantitative estimate of drug-likeness (QED) is 0.826. The number of anilines is 1. The largest absolute Gasteiger partial charge is 0.363 e. The fraction of sp³-hybridized carbons (Fsp3) is 0.111. The second-order valence-corrected chi connectivity index (χ2v) is 3.34. The van der Waals surface area contributed by atoms with E-state index in [0.29, 0.717) is 12.4 Å². The average Bonchev–Trinajstić information content (AvgIpc) is 2.32. The first-order valence-electron chi connectivity index (χ1n) is 4.51. The van der Waals surface area contributed by atoms with Crippen LogP contribution in [0.1, 0.15) is 5.69 Å². The third-order valence-corrected chi connectivity index (χ3v) is 2.21. The first-order chi connectivity index (χ1) is 7.77. The third-order valence-electron chi connectivity index (χ3n) is 1.86. The topological polar surface area (TPSA) is 83.6 Å². The van der Waals surface area contributed by atoms with Crippen LogP contribution in [0.25, 0.3) is 0 Å². The van der Waals surface area contributed by atoms with Gasteiger partial charge in [0.2, 0.25) is 0 Å². The van der Waals surface area contributed by atoms with E-state index in [1.807, 2.05) is 0 Å². The summed E-state index contributed by atoms with van der Waals surface area (Å²) in [5.74, 6) is 0.330. The van der Waals surface area contributed by atoms with E-state index < -0.39 is 0 Å². The average molecular weight is 238 g/mol. The molecule has 0 fully saturated rings. The summed E-state index contributed by atoms with van der Waals surface area (Å²) in [6.45, 7) is 0.407. The SMILES string of the molecule is O=c1[nH]cnc(NCc2cccnn2)c1Cl. The summed E-state index contributed by atoms with van der Waals surface area (Å²) in [6, 6.07) is 3.58. The minimum absolute atomic E-state index is 0.0337. The predicted molar refractivity (Wildman–Crippen MR) is 59.2 cm³/mol. The van der Waals surface area contributed by atoms with Crippen molar-refractivity contribution in [1.29, 1.82) is 0 Å². The highest BCUT2D eigenvalue weighted by molar-refractivity contribution is 6.32. The van der Waals surface area contributed by atoms with Crippen LogP contribution in [-0.4, -0.2) is 20.2 Å². The Kier molecular flexibility index (Phi) is 3.11. The number of H-pyrrole nitrogens is 1. The highest BCUT2D eigenvalue weighted by Gasteiger charge is 2.05. The lowest BCUT2D eigenvalue weighted by molar-refractivity contribution is 0.918. The van der Waals surface area contributed by atoms with E-state index in [-0.39, 0.29) is 10.6 Å². The van der Waals surface area contributed by atoms with Crippen LogP contribution >= 0.6 is 11.6 Å². The van der Waals surface area contributed by atoms with Crippen molar-refractivity contribution < 1.29 is 0 Å². The number of nitrogens with zero attached hydrogens (tertiary/aromatic N) is 3. The molecule has 2 N–H and O–H groups in total. The number of hydrogen-bond donors (Lipinski definition) is 2. The summed E-state index contributed by atoms with van der Waals surface area (Å²) < 4.78 is 0. The van der Waals surface area contributed by atoms with Gasteiger partial charge in [-0.15, -0.1) is 0 Å². The Labute approximate surface area is 95.7 Å². The highest BCUT2D eigenvalue weighted by atomic mass is 35.5. The zero-order valence-corrected chi connectivity index (χ0v) is 8.90. The molecule has 0 aliphatic rings. The molecule has 7 heteroatoms. The third kappa shape index (κ3) is 2.34. The van der Waals surface area contributed by atoms with Crippen molar-refractivity contribution in [3.8, 4) is 0 Å². The maximum absolute atomic E-state index is 11.2. The summed E-state index contributed by atoms with van der Waals surface area (Å²) in [7, 11) is 0. The smallest absolute Gasteiger partial charge is 0.271 e. The van der Waals surface area contributed by atoms with Crippen LogP contribution in [0.4, 0.5) is 5.82 Å². The molecular weight excluding hydrogens is 230 g/mol. The summed E-state index contributed by atoms with van der Waals surface area (Å²) >= 11 is 5.75. The van der Waals surface area contributed by atoms with E-state index in [1.165, 1.54) is 6.33 Å². The molecule has 0 saturated heterocycles. The van der Waals surface area contributed by atoms with E-state index in [2.05, 4.69) is 25.5 Å². The zero-order chi connectivity index (χ0) is 11.4. The summed E-state index contributed by atoms with van der Waals surface area (Å²) in [5, 5.41) is 10.5. The fourth-order valence-corrected chi connectivity index (χ4v) is 1.28. The molecule has 0 saturated carbocycles. The molecule has 16 heavy (non-hydrogen) atoms. The van der Waals surface area contributed by atoms with Crippen LogP contribution in [0.15, 0.2) is 29.5 Å². The lowest BCUT2D eigenvalue weighted by atomic mass is 10.4. The van der Waals surface area contributed by atoms with Gasteiger partial charge >= 0.3 is 0 Å². The van der Waals surface area contributed by atoms with Crippen LogP contribution in [0.5, 0.6) is 0 Å². The molecule has 2 heterocycles. The normalized spacial score (nSPS) is 10.1. The minimum Gasteiger partial charge on any atom is -0.363 e. The number of nitrogens with one attached hydrogen (secondary N) is 2. The molecule has 0 atom stereocenters. The van der Waals surface area contributed by atoms with Gasteiger partial charge in [-0.25, -0.2) is 4.98 Å². The molecule has 2 aromatic rings. The van der Waals surface area contributed by atoms with Gasteiger partial charge in [0.25, 0.3) is 5.56 Å². The standard InChI is InChI=1S/C9H8ClN5O/c10-7-8(12-5-13-9(7)16)11-4-6-2-1-3-14-15-6/h1-3,5H,4H2,(H2,11,12,13,16). The number of rotatable bonds is 3. The molecular formula is C9H8ClN5O. The van der Waals surface area contributed by atoms with E-state index in [9.17, 15) is 4.79 Å². The molecule has 0 aliphatic carbocycles. The van der Waals surface area contributed by atoms with Gasteiger partial charge in [0.15, 0.2) is 5.82 Å². The van der Waals surface area contributed by atoms with Gasteiger partial charge in [0.1, 0.15) is 5.02 Å². The van der Waals surface area contributed by atoms with E-state index in [4.69, 9.17) is 11.6 Å². The van der Waals surface area contributed by atoms with Crippen LogP contribution in [0, 0.1) is 0 Å². The van der Waals surface area contributed by atoms with Crippen molar-refractivity contribution in [2.24, 2.45) is 0 Å². The number of halogens is 1. The van der Waals surface area contributed by atoms with E-state index >= 15 is 0 Å². The number of aromatic amines is 1. The molecule has 0 radical (unpaired) electrons. The van der Waals surface area contributed by atoms with Crippen LogP contribution in [0.3, 0.4) is 0 Å². The van der Waals surface area contributed by atoms with Gasteiger partial charge in [0.05, 0.1) is 18.6 Å². The number of aromatic nitrogens is 4. The van der Waals surface area contributed by atoms with Crippen molar-refractivity contribution in [2.75, 3.05) is 5.32 Å². The second-order valence-electron chi connectivity index (χ2n) is 2.96. The molecule has 2 rings (SSSR count). The molecule has 0 aromatic carbocycles. The van der Waals surface area contributed by atoms with Crippen LogP contribution in [0.2, 0.25) is 5.02 Å². The Morgan fingerprint density at radius 1 is 1.50 bits per heavy atom. The van der Waals surface area contributed by atoms with Crippen molar-refractivity contribution in [2.45, 2.75) is 6.54 Å². The molecule has 0 unspecified atom stereocenters. The monoisotopic (exact) mass is 237 g/mol. The molecule has 0 spiro atoms. The fourth-order valence-electron chi connectivity index (χ4n) is 1.11. The maximum Gasteiger partial charge on any atom is 0.271 e. The Morgan fingerprint density at radius 2 is 2.38 bits per heavy atom. The minimum atomic E-state index is -0.377. The lowest BCUT2D eigenvalue weighted by Gasteiger charge is -2.04. The Hall–Kier alpha value is -1.95. The molecule has 2 aromatic heterocycles. The van der Waals surface area contributed by atoms with Gasteiger partial charge in [-0.1, -0.05) is 11.6 Å². The summed E-state index contributed by atoms with van der Waals surface area (Å²) in [5.41, 5.74) is 0.360. The maximum atomic E-state index is 11.2. The van der Waals surface area contributed by atoms with Crippen LogP contribution < -0.4 is 10.9 Å². The number of hydrogen-bond acceptors (Lipinski definition) is 5. The molecule has 6 nitrogen and oxygen atoms in total. The molecule has 0 amide bonds. The van der Waals surface area contributed by atoms with E-state index in [0.717, 1.165) is 5.69 Å². The van der Waals surface area contributed by atoms with Gasteiger partial charge in [-0.2, -0.15) is 10.2 Å². The summed E-state index contributed by atoms with van der Waals surface area (Å²) in [6.07, 6.45) is 2.87. The van der Waals surface area contributed by atoms with Crippen molar-refractivity contribution in [3.05, 3.63) is 45.7 Å². The summed E-state index contributed by atoms with van der Waals surface area (Å²) in [4.78, 5) is 17.4. The zero-order valence-electron chi connectivity index (χ0n) is 8.14. The first kappa shape index (κ1) is 10.6. The van der Waals surface area contributed by atoms with Crippen LogP contribution in [-0.2, 0) is 6.54 Å². The van der Waals surface area contributed by atoms with Gasteiger partial charge in [-0.3, -0.25) is 4.79 Å². The lowest BCUT2D eigenvalue weighted by Crippen LogP contribution is -2.12. The first-order valence-corrected chi connectivity index (χ1v) is 4.89. The van der Waals surface area contributed by atoms with Crippen molar-refractivity contribution in [3.63, 3.8) is 0 Å². The van der Waals surface area contributed by atoms with E-state index in [1.54, 1.807) is 18.3 Å². The van der Waals surface area contributed by atoms with Gasteiger partial charge in [-0.05, 0) is 12.1 Å². The Morgan fingerprint density at radius 3 is 3.12 bits per heavy atom. The second kappa shape index (κ2) is 4.71. The highest BCUT2D eigenvalue weighted by Crippen LogP contribution is 2.12. The van der Waals surface area contributed by atoms with Crippen molar-refractivity contribution >= 4 is 17.4 Å². The Balaban J connectivity index is 2.11. The molecule has 82 valence electrons. The van der Waals surface area contributed by atoms with Gasteiger partial charge in [0, 0.05) is 6.20 Å². The molecule has 0 bridgehead atoms. The Bertz CT molecular complexity index is 527. The van der Waals surface area contributed by atoms with Crippen molar-refractivity contribution in [1.82, 2.24) is 20.2 Å².